The van der Waals surface area contributed by atoms with Crippen LogP contribution in [-0.4, -0.2) is 22.7 Å². The Hall–Kier alpha value is -2.11. The molecule has 2 rings (SSSR count). The second-order valence-corrected chi connectivity index (χ2v) is 4.87. The van der Waals surface area contributed by atoms with Crippen molar-refractivity contribution >= 4 is 5.97 Å². The fourth-order valence-electron chi connectivity index (χ4n) is 1.89. The van der Waals surface area contributed by atoms with Gasteiger partial charge in [0.25, 0.3) is 0 Å². The topological polar surface area (TPSA) is 78.4 Å². The van der Waals surface area contributed by atoms with Gasteiger partial charge in [0.15, 0.2) is 5.76 Å². The van der Waals surface area contributed by atoms with Crippen molar-refractivity contribution in [1.29, 1.82) is 0 Å². The van der Waals surface area contributed by atoms with Crippen molar-refractivity contribution in [2.45, 2.75) is 33.1 Å². The summed E-state index contributed by atoms with van der Waals surface area (Å²) in [4.78, 5) is 16.2. The van der Waals surface area contributed by atoms with E-state index in [0.29, 0.717) is 30.5 Å². The predicted octanol–water partition coefficient (Wildman–Crippen LogP) is 3.02. The Morgan fingerprint density at radius 3 is 2.85 bits per heavy atom. The number of nitrogens with zero attached hydrogens (tertiary/aromatic N) is 2. The standard InChI is InChI=1S/C14H18N2O4/c1-4-18-14(17)10(8-9(2)3)13-15-12(16-20-13)11-6-5-7-19-11/h5-7,9-10H,4,8H2,1-3H3. The molecule has 6 nitrogen and oxygen atoms in total. The number of esters is 1. The highest BCUT2D eigenvalue weighted by atomic mass is 16.5. The molecule has 0 spiro atoms. The minimum atomic E-state index is -0.536. The molecule has 2 heterocycles. The maximum atomic E-state index is 12.0. The largest absolute Gasteiger partial charge is 0.465 e. The normalized spacial score (nSPS) is 12.6. The molecule has 1 atom stereocenters. The van der Waals surface area contributed by atoms with E-state index < -0.39 is 5.92 Å². The summed E-state index contributed by atoms with van der Waals surface area (Å²) in [5, 5.41) is 3.84. The smallest absolute Gasteiger partial charge is 0.318 e. The first kappa shape index (κ1) is 14.3. The van der Waals surface area contributed by atoms with Crippen molar-refractivity contribution < 1.29 is 18.5 Å². The van der Waals surface area contributed by atoms with Crippen molar-refractivity contribution in [1.82, 2.24) is 10.1 Å². The van der Waals surface area contributed by atoms with Crippen molar-refractivity contribution in [3.8, 4) is 11.6 Å². The lowest BCUT2D eigenvalue weighted by Crippen LogP contribution is -2.18. The maximum absolute atomic E-state index is 12.0. The van der Waals surface area contributed by atoms with Crippen LogP contribution in [0, 0.1) is 5.92 Å². The van der Waals surface area contributed by atoms with E-state index in [-0.39, 0.29) is 11.9 Å². The van der Waals surface area contributed by atoms with Gasteiger partial charge in [-0.15, -0.1) is 0 Å². The molecule has 2 aromatic rings. The molecule has 0 saturated carbocycles. The van der Waals surface area contributed by atoms with E-state index in [0.717, 1.165) is 0 Å². The molecule has 0 aliphatic carbocycles. The average molecular weight is 278 g/mol. The lowest BCUT2D eigenvalue weighted by molar-refractivity contribution is -0.146. The molecule has 6 heteroatoms. The molecule has 2 aromatic heterocycles. The SMILES string of the molecule is CCOC(=O)C(CC(C)C)c1nc(-c2ccco2)no1. The molecular weight excluding hydrogens is 260 g/mol. The number of carbonyl (C=O) groups excluding carboxylic acids is 1. The van der Waals surface area contributed by atoms with Crippen molar-refractivity contribution in [2.75, 3.05) is 6.61 Å². The van der Waals surface area contributed by atoms with Gasteiger partial charge in [-0.2, -0.15) is 4.98 Å². The molecule has 20 heavy (non-hydrogen) atoms. The Morgan fingerprint density at radius 1 is 1.45 bits per heavy atom. The van der Waals surface area contributed by atoms with E-state index in [1.165, 1.54) is 6.26 Å². The summed E-state index contributed by atoms with van der Waals surface area (Å²) in [6, 6.07) is 3.47. The number of furan rings is 1. The predicted molar refractivity (Wildman–Crippen MR) is 70.8 cm³/mol. The van der Waals surface area contributed by atoms with Gasteiger partial charge in [0.05, 0.1) is 12.9 Å². The van der Waals surface area contributed by atoms with E-state index >= 15 is 0 Å². The molecule has 0 N–H and O–H groups in total. The van der Waals surface area contributed by atoms with Gasteiger partial charge in [-0.25, -0.2) is 0 Å². The summed E-state index contributed by atoms with van der Waals surface area (Å²) in [6.07, 6.45) is 2.13. The van der Waals surface area contributed by atoms with Gasteiger partial charge >= 0.3 is 5.97 Å². The van der Waals surface area contributed by atoms with Crippen LogP contribution in [0.15, 0.2) is 27.3 Å². The molecule has 0 fully saturated rings. The highest BCUT2D eigenvalue weighted by molar-refractivity contribution is 5.76. The van der Waals surface area contributed by atoms with Gasteiger partial charge in [-0.3, -0.25) is 4.79 Å². The highest BCUT2D eigenvalue weighted by Gasteiger charge is 2.29. The third-order valence-electron chi connectivity index (χ3n) is 2.76. The Morgan fingerprint density at radius 2 is 2.25 bits per heavy atom. The van der Waals surface area contributed by atoms with Crippen molar-refractivity contribution in [3.63, 3.8) is 0 Å². The summed E-state index contributed by atoms with van der Waals surface area (Å²) < 4.78 is 15.5. The molecular formula is C14H18N2O4. The van der Waals surface area contributed by atoms with Crippen LogP contribution in [-0.2, 0) is 9.53 Å². The number of ether oxygens (including phenoxy) is 1. The number of carbonyl (C=O) groups is 1. The Labute approximate surface area is 117 Å². The summed E-state index contributed by atoms with van der Waals surface area (Å²) in [7, 11) is 0. The number of hydrogen-bond donors (Lipinski definition) is 0. The average Bonchev–Trinajstić information content (AvgIpc) is 3.06. The van der Waals surface area contributed by atoms with E-state index in [4.69, 9.17) is 13.7 Å². The van der Waals surface area contributed by atoms with Crippen molar-refractivity contribution in [3.05, 3.63) is 24.3 Å². The molecule has 0 aliphatic heterocycles. The molecule has 0 aliphatic rings. The molecule has 1 unspecified atom stereocenters. The van der Waals surface area contributed by atoms with Gasteiger partial charge in [0, 0.05) is 0 Å². The first-order valence-corrected chi connectivity index (χ1v) is 6.66. The number of rotatable bonds is 6. The van der Waals surface area contributed by atoms with Gasteiger partial charge in [0.1, 0.15) is 5.92 Å². The third-order valence-corrected chi connectivity index (χ3v) is 2.76. The lowest BCUT2D eigenvalue weighted by Gasteiger charge is -2.13. The van der Waals surface area contributed by atoms with Gasteiger partial charge in [-0.1, -0.05) is 19.0 Å². The zero-order valence-electron chi connectivity index (χ0n) is 11.8. The quantitative estimate of drug-likeness (QED) is 0.756. The van der Waals surface area contributed by atoms with Gasteiger partial charge in [-0.05, 0) is 31.4 Å². The summed E-state index contributed by atoms with van der Waals surface area (Å²) in [5.74, 6) is 0.545. The fraction of sp³-hybridized carbons (Fsp3) is 0.500. The van der Waals surface area contributed by atoms with Crippen LogP contribution in [0.5, 0.6) is 0 Å². The van der Waals surface area contributed by atoms with Gasteiger partial charge in [0.2, 0.25) is 11.7 Å². The fourth-order valence-corrected chi connectivity index (χ4v) is 1.89. The minimum absolute atomic E-state index is 0.267. The molecule has 108 valence electrons. The molecule has 0 radical (unpaired) electrons. The summed E-state index contributed by atoms with van der Waals surface area (Å²) >= 11 is 0. The monoisotopic (exact) mass is 278 g/mol. The van der Waals surface area contributed by atoms with Crippen LogP contribution in [0.25, 0.3) is 11.6 Å². The van der Waals surface area contributed by atoms with E-state index in [1.807, 2.05) is 13.8 Å². The Balaban J connectivity index is 2.22. The first-order chi connectivity index (χ1) is 9.61. The first-order valence-electron chi connectivity index (χ1n) is 6.66. The highest BCUT2D eigenvalue weighted by Crippen LogP contribution is 2.26. The maximum Gasteiger partial charge on any atom is 0.318 e. The molecule has 0 bridgehead atoms. The minimum Gasteiger partial charge on any atom is -0.465 e. The second-order valence-electron chi connectivity index (χ2n) is 4.87. The molecule has 0 aromatic carbocycles. The Bertz CT molecular complexity index is 545. The van der Waals surface area contributed by atoms with Crippen LogP contribution in [0.3, 0.4) is 0 Å². The zero-order chi connectivity index (χ0) is 14.5. The van der Waals surface area contributed by atoms with Crippen LogP contribution >= 0.6 is 0 Å². The number of hydrogen-bond acceptors (Lipinski definition) is 6. The number of aromatic nitrogens is 2. The molecule has 0 amide bonds. The molecule has 0 saturated heterocycles. The van der Waals surface area contributed by atoms with Crippen LogP contribution in [0.4, 0.5) is 0 Å². The van der Waals surface area contributed by atoms with Crippen LogP contribution < -0.4 is 0 Å². The zero-order valence-corrected chi connectivity index (χ0v) is 11.8. The van der Waals surface area contributed by atoms with Crippen molar-refractivity contribution in [2.24, 2.45) is 5.92 Å². The van der Waals surface area contributed by atoms with Crippen LogP contribution in [0.1, 0.15) is 39.0 Å². The van der Waals surface area contributed by atoms with E-state index in [2.05, 4.69) is 10.1 Å². The van der Waals surface area contributed by atoms with Gasteiger partial charge < -0.3 is 13.7 Å². The summed E-state index contributed by atoms with van der Waals surface area (Å²) in [6.45, 7) is 6.14. The van der Waals surface area contributed by atoms with E-state index in [9.17, 15) is 4.79 Å². The summed E-state index contributed by atoms with van der Waals surface area (Å²) in [5.41, 5.74) is 0. The van der Waals surface area contributed by atoms with Crippen LogP contribution in [0.2, 0.25) is 0 Å². The third kappa shape index (κ3) is 3.26. The lowest BCUT2D eigenvalue weighted by atomic mass is 9.97. The second kappa shape index (κ2) is 6.36. The van der Waals surface area contributed by atoms with E-state index in [1.54, 1.807) is 19.1 Å². The Kier molecular flexibility index (Phi) is 4.55.